The van der Waals surface area contributed by atoms with E-state index in [2.05, 4.69) is 6.92 Å². The van der Waals surface area contributed by atoms with Crippen LogP contribution in [0.25, 0.3) is 0 Å². The Morgan fingerprint density at radius 2 is 1.78 bits per heavy atom. The second-order valence-electron chi connectivity index (χ2n) is 3.51. The van der Waals surface area contributed by atoms with E-state index in [9.17, 15) is 13.2 Å². The molecule has 0 saturated carbocycles. The van der Waals surface area contributed by atoms with Crippen molar-refractivity contribution >= 4 is 0 Å². The Morgan fingerprint density at radius 1 is 1.33 bits per heavy atom. The van der Waals surface area contributed by atoms with E-state index >= 15 is 0 Å². The lowest BCUT2D eigenvalue weighted by atomic mass is 10.5. The van der Waals surface area contributed by atoms with Gasteiger partial charge in [-0.05, 0) is 6.42 Å². The van der Waals surface area contributed by atoms with Crippen molar-refractivity contribution in [3.05, 3.63) is 0 Å². The Labute approximate surface area is 107 Å². The van der Waals surface area contributed by atoms with Crippen LogP contribution >= 0.6 is 0 Å². The molecule has 108 valence electrons. The second kappa shape index (κ2) is 12.7. The number of rotatable bonds is 4. The fraction of sp³-hybridized carbons (Fsp3) is 0.917. The van der Waals surface area contributed by atoms with Crippen LogP contribution in [0, 0.1) is 11.3 Å². The molecule has 0 spiro atoms. The Morgan fingerprint density at radius 3 is 2.00 bits per heavy atom. The van der Waals surface area contributed by atoms with Crippen LogP contribution in [-0.2, 0) is 9.47 Å². The molecule has 1 heterocycles. The Balaban J connectivity index is 0. The van der Waals surface area contributed by atoms with Crippen LogP contribution in [0.4, 0.5) is 13.2 Å². The summed E-state index contributed by atoms with van der Waals surface area (Å²) in [5, 5.41) is 7.62. The average Bonchev–Trinajstić information content (AvgIpc) is 3.14. The minimum absolute atomic E-state index is 0.432. The van der Waals surface area contributed by atoms with E-state index in [0.717, 1.165) is 33.2 Å². The van der Waals surface area contributed by atoms with Crippen LogP contribution in [0.1, 0.15) is 40.0 Å². The summed E-state index contributed by atoms with van der Waals surface area (Å²) in [7, 11) is 0. The lowest BCUT2D eigenvalue weighted by Crippen LogP contribution is -2.02. The van der Waals surface area contributed by atoms with Gasteiger partial charge >= 0.3 is 6.18 Å². The van der Waals surface area contributed by atoms with Crippen LogP contribution in [0.15, 0.2) is 0 Å². The van der Waals surface area contributed by atoms with Gasteiger partial charge in [0.15, 0.2) is 0 Å². The fourth-order valence-electron chi connectivity index (χ4n) is 0.523. The van der Waals surface area contributed by atoms with Crippen LogP contribution in [0.5, 0.6) is 0 Å². The summed E-state index contributed by atoms with van der Waals surface area (Å²) in [6, 6.07) is 1.93. The highest BCUT2D eigenvalue weighted by Gasteiger charge is 2.22. The van der Waals surface area contributed by atoms with E-state index in [4.69, 9.17) is 14.7 Å². The standard InChI is InChI=1S/C6H12O2.C3H5F3.C3H5N/c1-2-3-7-4-6-5-8-6;1-2-3(4,5)6;1-2-3-4/h6H,2-5H2,1H3;2H2,1H3;2H2,1H3. The quantitative estimate of drug-likeness (QED) is 0.577. The van der Waals surface area contributed by atoms with Gasteiger partial charge in [-0.25, -0.2) is 0 Å². The molecule has 1 aliphatic rings. The number of nitrogens with zero attached hydrogens (tertiary/aromatic N) is 1. The molecule has 0 N–H and O–H groups in total. The summed E-state index contributed by atoms with van der Waals surface area (Å²) in [5.41, 5.74) is 0. The minimum atomic E-state index is -3.96. The van der Waals surface area contributed by atoms with E-state index in [-0.39, 0.29) is 0 Å². The van der Waals surface area contributed by atoms with Crippen LogP contribution in [0.2, 0.25) is 0 Å². The zero-order valence-electron chi connectivity index (χ0n) is 11.2. The van der Waals surface area contributed by atoms with Gasteiger partial charge in [0.2, 0.25) is 0 Å². The largest absolute Gasteiger partial charge is 0.388 e. The van der Waals surface area contributed by atoms with Crippen molar-refractivity contribution in [3.63, 3.8) is 0 Å². The Hall–Kier alpha value is -0.800. The van der Waals surface area contributed by atoms with Gasteiger partial charge in [-0.3, -0.25) is 0 Å². The van der Waals surface area contributed by atoms with Gasteiger partial charge < -0.3 is 9.47 Å². The molecule has 1 saturated heterocycles. The van der Waals surface area contributed by atoms with Gasteiger partial charge in [0.05, 0.1) is 19.3 Å². The van der Waals surface area contributed by atoms with Crippen molar-refractivity contribution in [3.8, 4) is 6.07 Å². The molecule has 3 nitrogen and oxygen atoms in total. The number of halogens is 3. The van der Waals surface area contributed by atoms with Gasteiger partial charge in [0.25, 0.3) is 0 Å². The normalized spacial score (nSPS) is 16.6. The monoisotopic (exact) mass is 269 g/mol. The summed E-state index contributed by atoms with van der Waals surface area (Å²) >= 11 is 0. The molecule has 0 amide bonds. The molecule has 0 aromatic rings. The van der Waals surface area contributed by atoms with Crippen molar-refractivity contribution in [1.29, 1.82) is 5.26 Å². The zero-order valence-corrected chi connectivity index (χ0v) is 11.2. The smallest absolute Gasteiger partial charge is 0.379 e. The van der Waals surface area contributed by atoms with Gasteiger partial charge in [0, 0.05) is 19.4 Å². The third kappa shape index (κ3) is 24.4. The lowest BCUT2D eigenvalue weighted by Gasteiger charge is -1.96. The molecular formula is C12H22F3NO2. The maximum absolute atomic E-state index is 10.8. The molecule has 6 heteroatoms. The van der Waals surface area contributed by atoms with E-state index in [1.54, 1.807) is 0 Å². The number of ether oxygens (including phenoxy) is 2. The summed E-state index contributed by atoms with van der Waals surface area (Å²) in [6.45, 7) is 7.59. The second-order valence-corrected chi connectivity index (χ2v) is 3.51. The Kier molecular flexibility index (Phi) is 13.7. The van der Waals surface area contributed by atoms with Gasteiger partial charge in [-0.15, -0.1) is 0 Å². The number of hydrogen-bond acceptors (Lipinski definition) is 3. The maximum Gasteiger partial charge on any atom is 0.388 e. The predicted molar refractivity (Wildman–Crippen MR) is 63.1 cm³/mol. The first-order valence-corrected chi connectivity index (χ1v) is 6.04. The molecule has 1 atom stereocenters. The van der Waals surface area contributed by atoms with E-state index in [1.807, 2.05) is 13.0 Å². The first kappa shape index (κ1) is 19.5. The topological polar surface area (TPSA) is 45.5 Å². The van der Waals surface area contributed by atoms with E-state index in [1.165, 1.54) is 0 Å². The number of hydrogen-bond donors (Lipinski definition) is 0. The highest BCUT2D eigenvalue weighted by atomic mass is 19.4. The van der Waals surface area contributed by atoms with Crippen LogP contribution in [0.3, 0.4) is 0 Å². The van der Waals surface area contributed by atoms with Gasteiger partial charge in [-0.2, -0.15) is 18.4 Å². The van der Waals surface area contributed by atoms with Crippen LogP contribution in [-0.4, -0.2) is 32.1 Å². The van der Waals surface area contributed by atoms with Crippen molar-refractivity contribution in [2.75, 3.05) is 19.8 Å². The number of alkyl halides is 3. The third-order valence-electron chi connectivity index (χ3n) is 1.61. The Bertz CT molecular complexity index is 210. The summed E-state index contributed by atoms with van der Waals surface area (Å²) < 4.78 is 42.5. The lowest BCUT2D eigenvalue weighted by molar-refractivity contribution is -0.130. The molecule has 0 bridgehead atoms. The molecule has 1 aliphatic heterocycles. The van der Waals surface area contributed by atoms with Crippen molar-refractivity contribution in [2.45, 2.75) is 52.3 Å². The average molecular weight is 269 g/mol. The predicted octanol–water partition coefficient (Wildman–Crippen LogP) is 3.69. The molecule has 0 aliphatic carbocycles. The number of nitriles is 1. The van der Waals surface area contributed by atoms with Crippen LogP contribution < -0.4 is 0 Å². The SMILES string of the molecule is CCC#N.CCC(F)(F)F.CCCOCC1CO1. The molecule has 1 rings (SSSR count). The molecule has 0 aromatic heterocycles. The molecule has 1 fully saturated rings. The molecule has 0 radical (unpaired) electrons. The molecule has 1 unspecified atom stereocenters. The minimum Gasteiger partial charge on any atom is -0.379 e. The third-order valence-corrected chi connectivity index (χ3v) is 1.61. The highest BCUT2D eigenvalue weighted by Crippen LogP contribution is 2.17. The van der Waals surface area contributed by atoms with Crippen molar-refractivity contribution in [2.24, 2.45) is 0 Å². The highest BCUT2D eigenvalue weighted by molar-refractivity contribution is 4.66. The first-order valence-electron chi connectivity index (χ1n) is 6.04. The summed E-state index contributed by atoms with van der Waals surface area (Å²) in [6.07, 6.45) is -2.53. The molecular weight excluding hydrogens is 247 g/mol. The first-order chi connectivity index (χ1) is 8.41. The maximum atomic E-state index is 10.8. The number of epoxide rings is 1. The summed E-state index contributed by atoms with van der Waals surface area (Å²) in [5.74, 6) is 0. The summed E-state index contributed by atoms with van der Waals surface area (Å²) in [4.78, 5) is 0. The van der Waals surface area contributed by atoms with Gasteiger partial charge in [0.1, 0.15) is 6.10 Å². The van der Waals surface area contributed by atoms with Crippen molar-refractivity contribution in [1.82, 2.24) is 0 Å². The van der Waals surface area contributed by atoms with Gasteiger partial charge in [-0.1, -0.05) is 20.8 Å². The molecule has 18 heavy (non-hydrogen) atoms. The van der Waals surface area contributed by atoms with E-state index in [0.29, 0.717) is 12.5 Å². The zero-order chi connectivity index (χ0) is 14.4. The van der Waals surface area contributed by atoms with Crippen molar-refractivity contribution < 1.29 is 22.6 Å². The fourth-order valence-corrected chi connectivity index (χ4v) is 0.523. The molecule has 0 aromatic carbocycles. The van der Waals surface area contributed by atoms with E-state index < -0.39 is 12.6 Å².